The van der Waals surface area contributed by atoms with E-state index in [0.717, 1.165) is 12.8 Å². The lowest BCUT2D eigenvalue weighted by molar-refractivity contribution is 0.0697. The Morgan fingerprint density at radius 2 is 2.21 bits per heavy atom. The first-order valence-electron chi connectivity index (χ1n) is 6.11. The first-order valence-corrected chi connectivity index (χ1v) is 6.49. The van der Waals surface area contributed by atoms with Crippen LogP contribution in [-0.2, 0) is 0 Å². The molecule has 3 N–H and O–H groups in total. The summed E-state index contributed by atoms with van der Waals surface area (Å²) in [6, 6.07) is 4.26. The van der Waals surface area contributed by atoms with Crippen molar-refractivity contribution in [2.45, 2.75) is 25.8 Å². The standard InChI is InChI=1S/C13H15ClN2O3/c1-2-7-5-11(7)16-13(19)15-8-3-4-9(12(17)18)10(14)6-8/h3-4,6-7,11H,2,5H2,1H3,(H,17,18)(H2,15,16,19). The van der Waals surface area contributed by atoms with Crippen molar-refractivity contribution in [2.75, 3.05) is 5.32 Å². The maximum Gasteiger partial charge on any atom is 0.337 e. The van der Waals surface area contributed by atoms with Gasteiger partial charge in [-0.25, -0.2) is 9.59 Å². The van der Waals surface area contributed by atoms with E-state index in [1.807, 2.05) is 0 Å². The van der Waals surface area contributed by atoms with Crippen molar-refractivity contribution in [3.8, 4) is 0 Å². The number of benzene rings is 1. The van der Waals surface area contributed by atoms with Gasteiger partial charge in [-0.05, 0) is 30.5 Å². The number of urea groups is 1. The van der Waals surface area contributed by atoms with Gasteiger partial charge in [0.1, 0.15) is 0 Å². The van der Waals surface area contributed by atoms with E-state index in [1.165, 1.54) is 18.2 Å². The van der Waals surface area contributed by atoms with Crippen LogP contribution in [0.25, 0.3) is 0 Å². The molecule has 19 heavy (non-hydrogen) atoms. The maximum atomic E-state index is 11.7. The number of aromatic carboxylic acids is 1. The summed E-state index contributed by atoms with van der Waals surface area (Å²) < 4.78 is 0. The van der Waals surface area contributed by atoms with Crippen LogP contribution in [0.1, 0.15) is 30.1 Å². The first-order chi connectivity index (χ1) is 9.01. The fraction of sp³-hybridized carbons (Fsp3) is 0.385. The van der Waals surface area contributed by atoms with Crippen molar-refractivity contribution in [1.29, 1.82) is 0 Å². The quantitative estimate of drug-likeness (QED) is 0.794. The molecule has 0 bridgehead atoms. The maximum absolute atomic E-state index is 11.7. The van der Waals surface area contributed by atoms with Crippen LogP contribution in [0.3, 0.4) is 0 Å². The van der Waals surface area contributed by atoms with Gasteiger partial charge >= 0.3 is 12.0 Å². The zero-order chi connectivity index (χ0) is 14.0. The number of anilines is 1. The molecule has 0 saturated heterocycles. The highest BCUT2D eigenvalue weighted by Gasteiger charge is 2.36. The topological polar surface area (TPSA) is 78.4 Å². The van der Waals surface area contributed by atoms with Crippen molar-refractivity contribution in [2.24, 2.45) is 5.92 Å². The number of hydrogen-bond donors (Lipinski definition) is 3. The predicted molar refractivity (Wildman–Crippen MR) is 72.8 cm³/mol. The van der Waals surface area contributed by atoms with Crippen molar-refractivity contribution >= 4 is 29.3 Å². The Morgan fingerprint density at radius 1 is 1.47 bits per heavy atom. The van der Waals surface area contributed by atoms with Crippen LogP contribution in [0.4, 0.5) is 10.5 Å². The van der Waals surface area contributed by atoms with Gasteiger partial charge < -0.3 is 15.7 Å². The van der Waals surface area contributed by atoms with Crippen molar-refractivity contribution in [3.63, 3.8) is 0 Å². The highest BCUT2D eigenvalue weighted by Crippen LogP contribution is 2.33. The molecule has 1 fully saturated rings. The highest BCUT2D eigenvalue weighted by molar-refractivity contribution is 6.33. The molecule has 102 valence electrons. The summed E-state index contributed by atoms with van der Waals surface area (Å²) in [4.78, 5) is 22.5. The number of amides is 2. The largest absolute Gasteiger partial charge is 0.478 e. The number of carbonyl (C=O) groups is 2. The summed E-state index contributed by atoms with van der Waals surface area (Å²) >= 11 is 5.82. The molecule has 6 heteroatoms. The fourth-order valence-electron chi connectivity index (χ4n) is 1.98. The van der Waals surface area contributed by atoms with Crippen LogP contribution in [0.5, 0.6) is 0 Å². The van der Waals surface area contributed by atoms with E-state index in [9.17, 15) is 9.59 Å². The third-order valence-electron chi connectivity index (χ3n) is 3.22. The van der Waals surface area contributed by atoms with Crippen LogP contribution in [0.2, 0.25) is 5.02 Å². The van der Waals surface area contributed by atoms with Crippen molar-refractivity contribution in [1.82, 2.24) is 5.32 Å². The number of carboxylic acids is 1. The molecule has 2 rings (SSSR count). The van der Waals surface area contributed by atoms with Gasteiger partial charge in [0.15, 0.2) is 0 Å². The molecule has 1 saturated carbocycles. The molecule has 5 nitrogen and oxygen atoms in total. The van der Waals surface area contributed by atoms with Crippen molar-refractivity contribution in [3.05, 3.63) is 28.8 Å². The Balaban J connectivity index is 1.94. The molecule has 2 atom stereocenters. The van der Waals surface area contributed by atoms with Gasteiger partial charge in [-0.15, -0.1) is 0 Å². The van der Waals surface area contributed by atoms with E-state index in [1.54, 1.807) is 0 Å². The van der Waals surface area contributed by atoms with Crippen LogP contribution in [0, 0.1) is 5.92 Å². The van der Waals surface area contributed by atoms with Gasteiger partial charge in [-0.1, -0.05) is 24.9 Å². The molecule has 1 aliphatic rings. The van der Waals surface area contributed by atoms with Crippen LogP contribution in [0.15, 0.2) is 18.2 Å². The van der Waals surface area contributed by atoms with Crippen LogP contribution in [-0.4, -0.2) is 23.1 Å². The van der Waals surface area contributed by atoms with Gasteiger partial charge in [0, 0.05) is 11.7 Å². The van der Waals surface area contributed by atoms with Gasteiger partial charge in [0.05, 0.1) is 10.6 Å². The van der Waals surface area contributed by atoms with E-state index in [-0.39, 0.29) is 22.7 Å². The minimum Gasteiger partial charge on any atom is -0.478 e. The smallest absolute Gasteiger partial charge is 0.337 e. The Labute approximate surface area is 116 Å². The summed E-state index contributed by atoms with van der Waals surface area (Å²) in [5, 5.41) is 14.4. The molecule has 1 aromatic carbocycles. The average molecular weight is 283 g/mol. The van der Waals surface area contributed by atoms with E-state index < -0.39 is 5.97 Å². The second-order valence-electron chi connectivity index (χ2n) is 4.61. The van der Waals surface area contributed by atoms with Crippen LogP contribution >= 0.6 is 11.6 Å². The van der Waals surface area contributed by atoms with E-state index >= 15 is 0 Å². The van der Waals surface area contributed by atoms with Gasteiger partial charge in [-0.2, -0.15) is 0 Å². The molecule has 0 aromatic heterocycles. The Kier molecular flexibility index (Phi) is 3.95. The van der Waals surface area contributed by atoms with E-state index in [2.05, 4.69) is 17.6 Å². The summed E-state index contributed by atoms with van der Waals surface area (Å²) in [6.07, 6.45) is 2.08. The number of nitrogens with one attached hydrogen (secondary N) is 2. The average Bonchev–Trinajstić information content (AvgIpc) is 3.06. The lowest BCUT2D eigenvalue weighted by atomic mass is 10.2. The lowest BCUT2D eigenvalue weighted by Gasteiger charge is -2.08. The number of carboxylic acid groups (broad SMARTS) is 1. The second kappa shape index (κ2) is 5.48. The number of halogens is 1. The highest BCUT2D eigenvalue weighted by atomic mass is 35.5. The molecule has 0 heterocycles. The van der Waals surface area contributed by atoms with Gasteiger partial charge in [0.25, 0.3) is 0 Å². The molecule has 0 radical (unpaired) electrons. The zero-order valence-electron chi connectivity index (χ0n) is 10.4. The molecular formula is C13H15ClN2O3. The van der Waals surface area contributed by atoms with Gasteiger partial charge in [-0.3, -0.25) is 0 Å². The molecule has 2 unspecified atom stereocenters. The SMILES string of the molecule is CCC1CC1NC(=O)Nc1ccc(C(=O)O)c(Cl)c1. The normalized spacial score (nSPS) is 20.7. The molecule has 0 spiro atoms. The Hall–Kier alpha value is -1.75. The number of hydrogen-bond acceptors (Lipinski definition) is 2. The third-order valence-corrected chi connectivity index (χ3v) is 3.53. The fourth-order valence-corrected chi connectivity index (χ4v) is 2.24. The molecule has 1 aliphatic carbocycles. The zero-order valence-corrected chi connectivity index (χ0v) is 11.2. The third kappa shape index (κ3) is 3.38. The Morgan fingerprint density at radius 3 is 2.74 bits per heavy atom. The molecular weight excluding hydrogens is 268 g/mol. The van der Waals surface area contributed by atoms with E-state index in [0.29, 0.717) is 11.6 Å². The number of rotatable bonds is 4. The van der Waals surface area contributed by atoms with Gasteiger partial charge in [0.2, 0.25) is 0 Å². The lowest BCUT2D eigenvalue weighted by Crippen LogP contribution is -2.31. The summed E-state index contributed by atoms with van der Waals surface area (Å²) in [7, 11) is 0. The molecule has 1 aromatic rings. The monoisotopic (exact) mass is 282 g/mol. The molecule has 0 aliphatic heterocycles. The second-order valence-corrected chi connectivity index (χ2v) is 5.02. The Bertz CT molecular complexity index is 519. The minimum atomic E-state index is -1.09. The number of carbonyl (C=O) groups excluding carboxylic acids is 1. The van der Waals surface area contributed by atoms with E-state index in [4.69, 9.17) is 16.7 Å². The summed E-state index contributed by atoms with van der Waals surface area (Å²) in [5.74, 6) is -0.520. The van der Waals surface area contributed by atoms with Crippen LogP contribution < -0.4 is 10.6 Å². The predicted octanol–water partition coefficient (Wildman–Crippen LogP) is 2.96. The minimum absolute atomic E-state index is 0.0147. The van der Waals surface area contributed by atoms with Crippen molar-refractivity contribution < 1.29 is 14.7 Å². The molecule has 2 amide bonds. The first kappa shape index (κ1) is 13.7. The summed E-state index contributed by atoms with van der Waals surface area (Å²) in [6.45, 7) is 2.09. The summed E-state index contributed by atoms with van der Waals surface area (Å²) in [5.41, 5.74) is 0.488.